The molecule has 172 valence electrons. The van der Waals surface area contributed by atoms with E-state index in [0.717, 1.165) is 6.20 Å². The number of halogens is 5. The van der Waals surface area contributed by atoms with Gasteiger partial charge in [-0.2, -0.15) is 23.4 Å². The number of pyridine rings is 2. The van der Waals surface area contributed by atoms with Gasteiger partial charge >= 0.3 is 6.18 Å². The van der Waals surface area contributed by atoms with E-state index in [4.69, 9.17) is 27.9 Å². The molecule has 0 radical (unpaired) electrons. The number of carbonyl (C=O) groups excluding carboxylic acids is 1. The topological polar surface area (TPSA) is 86.3 Å². The van der Waals surface area contributed by atoms with Crippen molar-refractivity contribution in [2.45, 2.75) is 19.2 Å². The third-order valence-electron chi connectivity index (χ3n) is 4.86. The zero-order valence-electron chi connectivity index (χ0n) is 17.1. The summed E-state index contributed by atoms with van der Waals surface area (Å²) in [7, 11) is 1.48. The van der Waals surface area contributed by atoms with Crippen molar-refractivity contribution in [1.82, 2.24) is 24.4 Å². The highest BCUT2D eigenvalue weighted by molar-refractivity contribution is 6.31. The van der Waals surface area contributed by atoms with Gasteiger partial charge in [-0.25, -0.2) is 9.20 Å². The second-order valence-electron chi connectivity index (χ2n) is 6.91. The summed E-state index contributed by atoms with van der Waals surface area (Å²) >= 11 is 12.2. The third-order valence-corrected chi connectivity index (χ3v) is 5.45. The van der Waals surface area contributed by atoms with Crippen molar-refractivity contribution in [1.29, 1.82) is 0 Å². The van der Waals surface area contributed by atoms with E-state index in [2.05, 4.69) is 20.5 Å². The van der Waals surface area contributed by atoms with Crippen molar-refractivity contribution in [2.24, 2.45) is 0 Å². The van der Waals surface area contributed by atoms with Crippen molar-refractivity contribution in [3.63, 3.8) is 0 Å². The van der Waals surface area contributed by atoms with Gasteiger partial charge in [0.05, 0.1) is 57.9 Å². The van der Waals surface area contributed by atoms with Crippen LogP contribution in [0.1, 0.15) is 34.8 Å². The SMILES string of the molecule is CO[C@@H](C)c1ncc(NC(=O)c2cnn(-c3ccc(Cl)n4nccc34)c2C(F)(F)F)cc1Cl. The lowest BCUT2D eigenvalue weighted by atomic mass is 10.2. The fourth-order valence-electron chi connectivity index (χ4n) is 3.25. The van der Waals surface area contributed by atoms with Gasteiger partial charge in [0, 0.05) is 7.11 Å². The zero-order valence-corrected chi connectivity index (χ0v) is 18.6. The lowest BCUT2D eigenvalue weighted by molar-refractivity contribution is -0.143. The molecule has 8 nitrogen and oxygen atoms in total. The van der Waals surface area contributed by atoms with Crippen LogP contribution in [0.2, 0.25) is 10.2 Å². The molecule has 0 aliphatic carbocycles. The summed E-state index contributed by atoms with van der Waals surface area (Å²) in [6, 6.07) is 5.61. The Morgan fingerprint density at radius 3 is 2.61 bits per heavy atom. The maximum Gasteiger partial charge on any atom is 0.434 e. The standard InChI is InChI=1S/C20H15Cl2F3N6O2/c1-10(33-2)17-13(21)7-11(8-26-17)29-19(32)12-9-28-31(18(12)20(23,24)25)14-3-4-16(22)30-15(14)5-6-27-30/h3-10H,1-2H3,(H,29,32)/t10-/m0/s1. The predicted molar refractivity (Wildman–Crippen MR) is 115 cm³/mol. The Balaban J connectivity index is 1.74. The summed E-state index contributed by atoms with van der Waals surface area (Å²) in [4.78, 5) is 16.9. The van der Waals surface area contributed by atoms with E-state index >= 15 is 0 Å². The lowest BCUT2D eigenvalue weighted by Crippen LogP contribution is -2.21. The summed E-state index contributed by atoms with van der Waals surface area (Å²) < 4.78 is 49.2. The number of hydrogen-bond acceptors (Lipinski definition) is 5. The first-order valence-corrected chi connectivity index (χ1v) is 10.1. The number of aromatic nitrogens is 5. The number of nitrogens with one attached hydrogen (secondary N) is 1. The van der Waals surface area contributed by atoms with Crippen LogP contribution in [0.25, 0.3) is 11.2 Å². The first kappa shape index (κ1) is 23.0. The largest absolute Gasteiger partial charge is 0.434 e. The molecule has 0 saturated heterocycles. The summed E-state index contributed by atoms with van der Waals surface area (Å²) in [6.45, 7) is 1.73. The number of ether oxygens (including phenoxy) is 1. The number of rotatable bonds is 5. The molecule has 0 saturated carbocycles. The molecule has 0 bridgehead atoms. The van der Waals surface area contributed by atoms with Crippen LogP contribution in [0.5, 0.6) is 0 Å². The van der Waals surface area contributed by atoms with Crippen molar-refractivity contribution in [3.05, 3.63) is 70.0 Å². The molecule has 1 N–H and O–H groups in total. The van der Waals surface area contributed by atoms with E-state index in [0.29, 0.717) is 10.4 Å². The van der Waals surface area contributed by atoms with E-state index in [9.17, 15) is 18.0 Å². The Labute approximate surface area is 194 Å². The monoisotopic (exact) mass is 498 g/mol. The molecule has 0 spiro atoms. The van der Waals surface area contributed by atoms with Crippen LogP contribution < -0.4 is 5.32 Å². The molecule has 33 heavy (non-hydrogen) atoms. The van der Waals surface area contributed by atoms with Gasteiger partial charge in [0.25, 0.3) is 5.91 Å². The number of amides is 1. The van der Waals surface area contributed by atoms with Crippen LogP contribution in [0, 0.1) is 0 Å². The van der Waals surface area contributed by atoms with Crippen LogP contribution in [0.15, 0.2) is 42.9 Å². The van der Waals surface area contributed by atoms with E-state index in [1.807, 2.05) is 0 Å². The quantitative estimate of drug-likeness (QED) is 0.382. The Morgan fingerprint density at radius 2 is 1.94 bits per heavy atom. The highest BCUT2D eigenvalue weighted by Gasteiger charge is 2.41. The van der Waals surface area contributed by atoms with E-state index < -0.39 is 29.4 Å². The normalized spacial score (nSPS) is 12.8. The van der Waals surface area contributed by atoms with Gasteiger partial charge in [-0.05, 0) is 31.2 Å². The zero-order chi connectivity index (χ0) is 23.9. The van der Waals surface area contributed by atoms with Gasteiger partial charge < -0.3 is 10.1 Å². The molecule has 4 rings (SSSR count). The number of nitrogens with zero attached hydrogens (tertiary/aromatic N) is 5. The number of alkyl halides is 3. The Bertz CT molecular complexity index is 1350. The smallest absolute Gasteiger partial charge is 0.375 e. The van der Waals surface area contributed by atoms with Crippen LogP contribution in [-0.2, 0) is 10.9 Å². The van der Waals surface area contributed by atoms with E-state index in [1.165, 1.54) is 48.3 Å². The second kappa shape index (κ2) is 8.65. The molecule has 1 amide bonds. The molecule has 4 heterocycles. The van der Waals surface area contributed by atoms with Crippen LogP contribution in [0.3, 0.4) is 0 Å². The average Bonchev–Trinajstić information content (AvgIpc) is 3.41. The molecular formula is C20H15Cl2F3N6O2. The Morgan fingerprint density at radius 1 is 1.18 bits per heavy atom. The fraction of sp³-hybridized carbons (Fsp3) is 0.200. The molecule has 4 aromatic rings. The number of carbonyl (C=O) groups is 1. The number of hydrogen-bond donors (Lipinski definition) is 1. The first-order valence-electron chi connectivity index (χ1n) is 9.39. The number of methoxy groups -OCH3 is 1. The molecule has 0 aromatic carbocycles. The molecule has 0 aliphatic rings. The molecule has 13 heteroatoms. The minimum atomic E-state index is -4.90. The van der Waals surface area contributed by atoms with Gasteiger partial charge in [-0.1, -0.05) is 23.2 Å². The van der Waals surface area contributed by atoms with Gasteiger partial charge in [-0.3, -0.25) is 9.78 Å². The van der Waals surface area contributed by atoms with Crippen molar-refractivity contribution >= 4 is 40.3 Å². The highest BCUT2D eigenvalue weighted by atomic mass is 35.5. The number of anilines is 1. The van der Waals surface area contributed by atoms with Gasteiger partial charge in [0.15, 0.2) is 5.69 Å². The van der Waals surface area contributed by atoms with Crippen LogP contribution >= 0.6 is 23.2 Å². The van der Waals surface area contributed by atoms with E-state index in [1.54, 1.807) is 6.92 Å². The van der Waals surface area contributed by atoms with Gasteiger partial charge in [0.2, 0.25) is 0 Å². The van der Waals surface area contributed by atoms with Gasteiger partial charge in [0.1, 0.15) is 5.15 Å². The van der Waals surface area contributed by atoms with E-state index in [-0.39, 0.29) is 27.1 Å². The third kappa shape index (κ3) is 4.26. The summed E-state index contributed by atoms with van der Waals surface area (Å²) in [6.07, 6.45) is -1.79. The molecule has 0 aliphatic heterocycles. The second-order valence-corrected chi connectivity index (χ2v) is 7.70. The summed E-state index contributed by atoms with van der Waals surface area (Å²) in [5.74, 6) is -1.03. The maximum absolute atomic E-state index is 14.0. The number of fused-ring (bicyclic) bond motifs is 1. The molecular weight excluding hydrogens is 484 g/mol. The predicted octanol–water partition coefficient (Wildman–Crippen LogP) is 5.20. The maximum atomic E-state index is 14.0. The summed E-state index contributed by atoms with van der Waals surface area (Å²) in [5, 5.41) is 10.6. The fourth-order valence-corrected chi connectivity index (χ4v) is 3.76. The Hall–Kier alpha value is -3.15. The average molecular weight is 499 g/mol. The molecule has 4 aromatic heterocycles. The molecule has 0 fully saturated rings. The van der Waals surface area contributed by atoms with Crippen molar-refractivity contribution in [3.8, 4) is 5.69 Å². The molecule has 0 unspecified atom stereocenters. The first-order chi connectivity index (χ1) is 15.6. The minimum Gasteiger partial charge on any atom is -0.375 e. The van der Waals surface area contributed by atoms with Crippen molar-refractivity contribution in [2.75, 3.05) is 12.4 Å². The van der Waals surface area contributed by atoms with Crippen molar-refractivity contribution < 1.29 is 22.7 Å². The summed E-state index contributed by atoms with van der Waals surface area (Å²) in [5.41, 5.74) is -1.07. The minimum absolute atomic E-state index is 0.0471. The Kier molecular flexibility index (Phi) is 6.04. The highest BCUT2D eigenvalue weighted by Crippen LogP contribution is 2.35. The molecule has 1 atom stereocenters. The van der Waals surface area contributed by atoms with Gasteiger partial charge in [-0.15, -0.1) is 0 Å². The lowest BCUT2D eigenvalue weighted by Gasteiger charge is -2.14. The van der Waals surface area contributed by atoms with Crippen LogP contribution in [-0.4, -0.2) is 37.4 Å². The van der Waals surface area contributed by atoms with Crippen LogP contribution in [0.4, 0.5) is 18.9 Å².